The highest BCUT2D eigenvalue weighted by Gasteiger charge is 2.42. The predicted molar refractivity (Wildman–Crippen MR) is 108 cm³/mol. The number of nitro groups is 1. The Kier molecular flexibility index (Phi) is 5.78. The third kappa shape index (κ3) is 4.78. The van der Waals surface area contributed by atoms with E-state index in [4.69, 9.17) is 15.2 Å². The average Bonchev–Trinajstić information content (AvgIpc) is 2.58. The van der Waals surface area contributed by atoms with Crippen molar-refractivity contribution in [1.82, 2.24) is 0 Å². The Hall–Kier alpha value is -3.02. The van der Waals surface area contributed by atoms with E-state index in [1.54, 1.807) is 0 Å². The fourth-order valence-electron chi connectivity index (χ4n) is 2.40. The highest BCUT2D eigenvalue weighted by atomic mass is 16.6. The Morgan fingerprint density at radius 3 is 2.11 bits per heavy atom. The summed E-state index contributed by atoms with van der Waals surface area (Å²) in [5.41, 5.74) is 5.69. The van der Waals surface area contributed by atoms with Crippen LogP contribution in [0.25, 0.3) is 6.08 Å². The van der Waals surface area contributed by atoms with Crippen LogP contribution in [0.2, 0.25) is 0 Å². The first-order chi connectivity index (χ1) is 12.6. The van der Waals surface area contributed by atoms with Crippen LogP contribution in [0.5, 0.6) is 11.5 Å². The number of rotatable bonds is 7. The number of hydrogen-bond donors (Lipinski definition) is 1. The van der Waals surface area contributed by atoms with Gasteiger partial charge in [-0.2, -0.15) is 0 Å². The van der Waals surface area contributed by atoms with Gasteiger partial charge in [0, 0.05) is 12.1 Å². The highest BCUT2D eigenvalue weighted by Crippen LogP contribution is 2.35. The smallest absolute Gasteiger partial charge is 0.271 e. The van der Waals surface area contributed by atoms with Crippen molar-refractivity contribution in [1.29, 1.82) is 0 Å². The summed E-state index contributed by atoms with van der Waals surface area (Å²) >= 11 is 0. The zero-order valence-corrected chi connectivity index (χ0v) is 16.4. The van der Waals surface area contributed by atoms with E-state index in [1.807, 2.05) is 71.0 Å². The van der Waals surface area contributed by atoms with Crippen molar-refractivity contribution >= 4 is 17.5 Å². The molecule has 0 heterocycles. The maximum Gasteiger partial charge on any atom is 0.271 e. The van der Waals surface area contributed by atoms with Gasteiger partial charge in [0.1, 0.15) is 22.7 Å². The van der Waals surface area contributed by atoms with Crippen LogP contribution in [0.1, 0.15) is 40.2 Å². The molecule has 0 saturated heterocycles. The van der Waals surface area contributed by atoms with E-state index in [2.05, 4.69) is 0 Å². The monoisotopic (exact) mass is 370 g/mol. The van der Waals surface area contributed by atoms with Crippen LogP contribution in [0.4, 0.5) is 11.4 Å². The Morgan fingerprint density at radius 2 is 1.59 bits per heavy atom. The van der Waals surface area contributed by atoms with Crippen LogP contribution in [-0.2, 0) is 0 Å². The fraction of sp³-hybridized carbons (Fsp3) is 0.333. The molecule has 0 radical (unpaired) electrons. The van der Waals surface area contributed by atoms with E-state index in [1.165, 1.54) is 18.2 Å². The molecule has 144 valence electrons. The van der Waals surface area contributed by atoms with E-state index >= 15 is 0 Å². The van der Waals surface area contributed by atoms with Crippen LogP contribution in [-0.4, -0.2) is 16.1 Å². The Balaban J connectivity index is 2.19. The normalized spacial score (nSPS) is 12.2. The molecule has 6 heteroatoms. The minimum absolute atomic E-state index is 0.0746. The van der Waals surface area contributed by atoms with Gasteiger partial charge in [0.15, 0.2) is 0 Å². The SMILES string of the molecule is C/C=C/c1ccc(OC(C)(C)C(C)(C)Oc2ccc([N+](=O)[O-])cc2N)cc1. The van der Waals surface area contributed by atoms with Crippen LogP contribution < -0.4 is 15.2 Å². The van der Waals surface area contributed by atoms with Gasteiger partial charge in [-0.1, -0.05) is 24.3 Å². The zero-order valence-electron chi connectivity index (χ0n) is 16.4. The van der Waals surface area contributed by atoms with E-state index in [-0.39, 0.29) is 11.4 Å². The molecule has 0 aliphatic carbocycles. The van der Waals surface area contributed by atoms with E-state index < -0.39 is 16.1 Å². The van der Waals surface area contributed by atoms with Gasteiger partial charge in [0.2, 0.25) is 0 Å². The van der Waals surface area contributed by atoms with Crippen molar-refractivity contribution in [2.75, 3.05) is 5.73 Å². The van der Waals surface area contributed by atoms with Crippen LogP contribution >= 0.6 is 0 Å². The van der Waals surface area contributed by atoms with Crippen LogP contribution in [0.15, 0.2) is 48.5 Å². The lowest BCUT2D eigenvalue weighted by atomic mass is 9.88. The summed E-state index contributed by atoms with van der Waals surface area (Å²) in [6.07, 6.45) is 3.99. The van der Waals surface area contributed by atoms with Gasteiger partial charge in [0.05, 0.1) is 10.6 Å². The minimum atomic E-state index is -0.765. The summed E-state index contributed by atoms with van der Waals surface area (Å²) in [4.78, 5) is 10.4. The van der Waals surface area contributed by atoms with Crippen molar-refractivity contribution in [3.05, 3.63) is 64.2 Å². The summed E-state index contributed by atoms with van der Waals surface area (Å²) in [6.45, 7) is 9.60. The summed E-state index contributed by atoms with van der Waals surface area (Å²) in [5, 5.41) is 10.9. The van der Waals surface area contributed by atoms with Gasteiger partial charge in [-0.25, -0.2) is 0 Å². The van der Waals surface area contributed by atoms with Crippen molar-refractivity contribution in [3.63, 3.8) is 0 Å². The van der Waals surface area contributed by atoms with E-state index in [0.29, 0.717) is 5.75 Å². The maximum atomic E-state index is 10.9. The third-order valence-corrected chi connectivity index (χ3v) is 4.63. The Labute approximate surface area is 159 Å². The fourth-order valence-corrected chi connectivity index (χ4v) is 2.40. The molecule has 0 atom stereocenters. The lowest BCUT2D eigenvalue weighted by molar-refractivity contribution is -0.384. The Morgan fingerprint density at radius 1 is 1.00 bits per heavy atom. The molecule has 2 rings (SSSR count). The molecule has 0 fully saturated rings. The molecule has 0 unspecified atom stereocenters. The molecule has 2 aromatic rings. The molecule has 0 bridgehead atoms. The number of nitrogens with zero attached hydrogens (tertiary/aromatic N) is 1. The van der Waals surface area contributed by atoms with Gasteiger partial charge in [-0.15, -0.1) is 0 Å². The van der Waals surface area contributed by atoms with Crippen molar-refractivity contribution < 1.29 is 14.4 Å². The second-order valence-electron chi connectivity index (χ2n) is 7.27. The number of allylic oxidation sites excluding steroid dienone is 1. The van der Waals surface area contributed by atoms with Gasteiger partial charge in [-0.3, -0.25) is 10.1 Å². The van der Waals surface area contributed by atoms with Gasteiger partial charge >= 0.3 is 0 Å². The average molecular weight is 370 g/mol. The lowest BCUT2D eigenvalue weighted by Gasteiger charge is -2.41. The van der Waals surface area contributed by atoms with Crippen molar-refractivity contribution in [3.8, 4) is 11.5 Å². The van der Waals surface area contributed by atoms with Crippen molar-refractivity contribution in [2.45, 2.75) is 45.8 Å². The first-order valence-electron chi connectivity index (χ1n) is 8.70. The predicted octanol–water partition coefficient (Wildman–Crippen LogP) is 5.23. The number of anilines is 1. The maximum absolute atomic E-state index is 10.9. The number of benzene rings is 2. The summed E-state index contributed by atoms with van der Waals surface area (Å²) in [6, 6.07) is 12.0. The number of non-ortho nitro benzene ring substituents is 1. The first kappa shape index (κ1) is 20.3. The molecule has 27 heavy (non-hydrogen) atoms. The molecular weight excluding hydrogens is 344 g/mol. The molecule has 0 saturated carbocycles. The quantitative estimate of drug-likeness (QED) is 0.410. The molecule has 0 aliphatic heterocycles. The largest absolute Gasteiger partial charge is 0.484 e. The summed E-state index contributed by atoms with van der Waals surface area (Å²) in [7, 11) is 0. The van der Waals surface area contributed by atoms with E-state index in [9.17, 15) is 10.1 Å². The summed E-state index contributed by atoms with van der Waals surface area (Å²) < 4.78 is 12.3. The standard InChI is InChI=1S/C21H26N2O4/c1-6-7-15-8-11-17(12-9-15)26-20(2,3)21(4,5)27-19-13-10-16(23(24)25)14-18(19)22/h6-14H,22H2,1-5H3/b7-6+. The van der Waals surface area contributed by atoms with Gasteiger partial charge in [0.25, 0.3) is 5.69 Å². The number of nitro benzene ring substituents is 1. The minimum Gasteiger partial charge on any atom is -0.484 e. The molecule has 0 aliphatic rings. The van der Waals surface area contributed by atoms with E-state index in [0.717, 1.165) is 11.3 Å². The van der Waals surface area contributed by atoms with Crippen LogP contribution in [0.3, 0.4) is 0 Å². The zero-order chi connectivity index (χ0) is 20.2. The summed E-state index contributed by atoms with van der Waals surface area (Å²) in [5.74, 6) is 1.10. The number of nitrogens with two attached hydrogens (primary N) is 1. The number of nitrogen functional groups attached to an aromatic ring is 1. The van der Waals surface area contributed by atoms with Crippen molar-refractivity contribution in [2.24, 2.45) is 0 Å². The molecular formula is C21H26N2O4. The molecule has 0 aromatic heterocycles. The van der Waals surface area contributed by atoms with Gasteiger partial charge in [-0.05, 0) is 58.4 Å². The highest BCUT2D eigenvalue weighted by molar-refractivity contribution is 5.58. The van der Waals surface area contributed by atoms with Gasteiger partial charge < -0.3 is 15.2 Å². The number of ether oxygens (including phenoxy) is 2. The topological polar surface area (TPSA) is 87.6 Å². The number of hydrogen-bond acceptors (Lipinski definition) is 5. The molecule has 2 aromatic carbocycles. The second-order valence-corrected chi connectivity index (χ2v) is 7.27. The third-order valence-electron chi connectivity index (χ3n) is 4.63. The molecule has 2 N–H and O–H groups in total. The molecule has 6 nitrogen and oxygen atoms in total. The first-order valence-corrected chi connectivity index (χ1v) is 8.70. The molecule has 0 spiro atoms. The Bertz CT molecular complexity index is 840. The molecule has 0 amide bonds. The second kappa shape index (κ2) is 7.70. The van der Waals surface area contributed by atoms with Crippen LogP contribution in [0, 0.1) is 10.1 Å². The lowest BCUT2D eigenvalue weighted by Crippen LogP contribution is -2.53.